The summed E-state index contributed by atoms with van der Waals surface area (Å²) >= 11 is 0. The van der Waals surface area contributed by atoms with Gasteiger partial charge in [-0.25, -0.2) is 4.79 Å². The van der Waals surface area contributed by atoms with Crippen molar-refractivity contribution in [2.75, 3.05) is 42.2 Å². The minimum Gasteiger partial charge on any atom is -0.478 e. The maximum Gasteiger partial charge on any atom is 0.336 e. The molecule has 3 unspecified atom stereocenters. The fourth-order valence-corrected chi connectivity index (χ4v) is 9.06. The number of fused-ring (bicyclic) bond motifs is 2. The first-order valence-electron chi connectivity index (χ1n) is 19.3. The van der Waals surface area contributed by atoms with E-state index in [0.717, 1.165) is 0 Å². The molecule has 5 rings (SSSR count). The predicted octanol–water partition coefficient (Wildman–Crippen LogP) is -0.763. The van der Waals surface area contributed by atoms with E-state index >= 15 is 0 Å². The highest BCUT2D eigenvalue weighted by molar-refractivity contribution is 7.86. The molecule has 0 spiro atoms. The zero-order chi connectivity index (χ0) is 47.0. The van der Waals surface area contributed by atoms with E-state index in [2.05, 4.69) is 20.9 Å². The predicted molar refractivity (Wildman–Crippen MR) is 225 cm³/mol. The number of hydrogen-bond donors (Lipinski definition) is 8. The zero-order valence-electron chi connectivity index (χ0n) is 33.6. The fourth-order valence-electron chi connectivity index (χ4n) is 6.90. The minimum absolute atomic E-state index is 0.00625. The highest BCUT2D eigenvalue weighted by Gasteiger charge is 2.35. The SMILES string of the molecule is O=C1CCN=c2ccc3c(c2)Oc2cc(ccc2C=3c2ccccc2C(=O)O)NCCC(=O)NC(CS(=O)(=O)O)C(=O)CC(CS(=O)(=O)O)C(=O)NC(CS(=O)(=O)O)C(=O)CCCN1. The van der Waals surface area contributed by atoms with Crippen LogP contribution < -0.4 is 36.6 Å². The summed E-state index contributed by atoms with van der Waals surface area (Å²) < 4.78 is 106. The van der Waals surface area contributed by atoms with Gasteiger partial charge < -0.3 is 31.1 Å². The standard InChI is InChI=1S/C39H43N5O17S3/c45-31-6-3-13-42-35(47)11-14-40-23-7-9-27-33(17-23)61-34-18-24(8-10-28(34)37(27)25-4-1-2-5-26(25)39(50)51)41-15-12-36(48)43-30(21-64(58,59)60)32(46)16-22(19-62(52,53)54)38(49)44-29(31)20-63(55,56)57/h1-2,4-5,7-10,17-18,22,29-30,41H,3,6,11-16,19-21H2,(H,42,47)(H,43,48)(H,44,49)(H,50,51)(H,52,53,54)(H,55,56,57)(H,58,59,60). The molecule has 0 saturated heterocycles. The summed E-state index contributed by atoms with van der Waals surface area (Å²) in [6.45, 7) is -0.302. The fraction of sp³-hybridized carbons (Fsp3) is 0.359. The lowest BCUT2D eigenvalue weighted by atomic mass is 9.89. The van der Waals surface area contributed by atoms with E-state index in [1.165, 1.54) is 6.07 Å². The van der Waals surface area contributed by atoms with Crippen molar-refractivity contribution in [2.45, 2.75) is 44.2 Å². The summed E-state index contributed by atoms with van der Waals surface area (Å²) in [6.07, 6.45) is -2.42. The number of carbonyl (C=O) groups is 6. The number of rotatable bonds is 8. The lowest BCUT2D eigenvalue weighted by molar-refractivity contribution is -0.132. The summed E-state index contributed by atoms with van der Waals surface area (Å²) in [6, 6.07) is 12.0. The molecule has 2 heterocycles. The summed E-state index contributed by atoms with van der Waals surface area (Å²) in [5.74, 6) is -12.4. The van der Waals surface area contributed by atoms with E-state index in [1.54, 1.807) is 54.6 Å². The van der Waals surface area contributed by atoms with Gasteiger partial charge >= 0.3 is 5.97 Å². The van der Waals surface area contributed by atoms with Crippen molar-refractivity contribution >= 4 is 76.9 Å². The first-order valence-corrected chi connectivity index (χ1v) is 24.1. The van der Waals surface area contributed by atoms with Crippen molar-refractivity contribution in [1.29, 1.82) is 0 Å². The number of amides is 3. The molecule has 25 heteroatoms. The van der Waals surface area contributed by atoms with Gasteiger partial charge in [-0.1, -0.05) is 18.2 Å². The minimum atomic E-state index is -5.11. The molecule has 2 aliphatic rings. The van der Waals surface area contributed by atoms with Gasteiger partial charge in [0.15, 0.2) is 11.6 Å². The molecule has 4 bridgehead atoms. The largest absolute Gasteiger partial charge is 0.478 e. The molecule has 2 aliphatic heterocycles. The second-order valence-corrected chi connectivity index (χ2v) is 19.2. The second kappa shape index (κ2) is 20.6. The van der Waals surface area contributed by atoms with E-state index in [0.29, 0.717) is 38.7 Å². The lowest BCUT2D eigenvalue weighted by Crippen LogP contribution is -2.50. The van der Waals surface area contributed by atoms with Crippen LogP contribution in [0.5, 0.6) is 11.5 Å². The quantitative estimate of drug-likeness (QED) is 0.101. The maximum absolute atomic E-state index is 13.4. The second-order valence-electron chi connectivity index (χ2n) is 14.7. The highest BCUT2D eigenvalue weighted by Crippen LogP contribution is 2.38. The molecule has 0 saturated carbocycles. The van der Waals surface area contributed by atoms with Gasteiger partial charge in [0.2, 0.25) is 17.7 Å². The monoisotopic (exact) mass is 949 g/mol. The Kier molecular flexibility index (Phi) is 15.7. The van der Waals surface area contributed by atoms with Gasteiger partial charge in [0, 0.05) is 79.5 Å². The van der Waals surface area contributed by atoms with Crippen LogP contribution in [0.1, 0.15) is 53.6 Å². The number of anilines is 1. The molecule has 3 amide bonds. The maximum atomic E-state index is 13.4. The number of carboxylic acids is 1. The van der Waals surface area contributed by atoms with Crippen molar-refractivity contribution in [3.63, 3.8) is 0 Å². The average Bonchev–Trinajstić information content (AvgIpc) is 3.18. The van der Waals surface area contributed by atoms with Crippen molar-refractivity contribution < 1.29 is 77.5 Å². The Balaban J connectivity index is 1.50. The van der Waals surface area contributed by atoms with Crippen LogP contribution in [0.4, 0.5) is 5.69 Å². The van der Waals surface area contributed by atoms with E-state index in [-0.39, 0.29) is 43.8 Å². The lowest BCUT2D eigenvalue weighted by Gasteiger charge is -2.23. The van der Waals surface area contributed by atoms with E-state index in [4.69, 9.17) is 4.74 Å². The number of aromatic carboxylic acids is 1. The average molecular weight is 950 g/mol. The summed E-state index contributed by atoms with van der Waals surface area (Å²) in [5.41, 5.74) is 1.79. The Labute approximate surface area is 365 Å². The van der Waals surface area contributed by atoms with Gasteiger partial charge in [-0.05, 0) is 42.3 Å². The van der Waals surface area contributed by atoms with Crippen LogP contribution in [-0.4, -0.2) is 128 Å². The Hall–Kier alpha value is -6.12. The first kappa shape index (κ1) is 48.9. The Bertz CT molecular complexity index is 2830. The number of nitrogens with zero attached hydrogens (tertiary/aromatic N) is 1. The van der Waals surface area contributed by atoms with Crippen LogP contribution in [0.25, 0.3) is 5.57 Å². The van der Waals surface area contributed by atoms with Crippen molar-refractivity contribution in [1.82, 2.24) is 16.0 Å². The molecule has 0 aromatic heterocycles. The van der Waals surface area contributed by atoms with E-state index in [9.17, 15) is 72.8 Å². The molecule has 3 aromatic rings. The zero-order valence-corrected chi connectivity index (χ0v) is 36.0. The van der Waals surface area contributed by atoms with Crippen molar-refractivity contribution in [3.05, 3.63) is 87.9 Å². The number of hydrogen-bond acceptors (Lipinski definition) is 15. The van der Waals surface area contributed by atoms with Crippen LogP contribution in [0.2, 0.25) is 0 Å². The molecular weight excluding hydrogens is 907 g/mol. The Morgan fingerprint density at radius 2 is 1.36 bits per heavy atom. The third-order valence-electron chi connectivity index (χ3n) is 9.78. The van der Waals surface area contributed by atoms with Crippen LogP contribution in [0.3, 0.4) is 0 Å². The molecule has 3 aromatic carbocycles. The normalized spacial score (nSPS) is 20.1. The third-order valence-corrected chi connectivity index (χ3v) is 12.1. The topological polar surface area (TPSA) is 355 Å². The first-order chi connectivity index (χ1) is 30.0. The molecule has 22 nitrogen and oxygen atoms in total. The van der Waals surface area contributed by atoms with Gasteiger partial charge in [-0.3, -0.25) is 42.6 Å². The molecular formula is C39H43N5O17S3. The van der Waals surface area contributed by atoms with Crippen molar-refractivity contribution in [2.24, 2.45) is 10.9 Å². The summed E-state index contributed by atoms with van der Waals surface area (Å²) in [4.78, 5) is 82.4. The smallest absolute Gasteiger partial charge is 0.336 e. The Morgan fingerprint density at radius 3 is 2.03 bits per heavy atom. The van der Waals surface area contributed by atoms with E-state index in [1.807, 2.05) is 5.32 Å². The molecule has 0 radical (unpaired) electrons. The van der Waals surface area contributed by atoms with Gasteiger partial charge in [0.05, 0.1) is 22.6 Å². The number of nitrogens with one attached hydrogen (secondary N) is 4. The molecule has 344 valence electrons. The number of carboxylic acid groups (broad SMARTS) is 1. The number of carbonyl (C=O) groups excluding carboxylic acids is 5. The molecule has 0 aliphatic carbocycles. The van der Waals surface area contributed by atoms with Crippen LogP contribution in [-0.2, 0) is 54.3 Å². The number of Topliss-reactive ketones (excluding diaryl/α,β-unsaturated/α-hetero) is 2. The Morgan fingerprint density at radius 1 is 0.688 bits per heavy atom. The van der Waals surface area contributed by atoms with Crippen LogP contribution in [0.15, 0.2) is 65.7 Å². The number of ketones is 2. The van der Waals surface area contributed by atoms with Gasteiger partial charge in [0.25, 0.3) is 30.4 Å². The molecule has 64 heavy (non-hydrogen) atoms. The summed E-state index contributed by atoms with van der Waals surface area (Å²) in [5, 5.41) is 20.6. The summed E-state index contributed by atoms with van der Waals surface area (Å²) in [7, 11) is -15.1. The molecule has 3 atom stereocenters. The number of ether oxygens (including phenoxy) is 1. The van der Waals surface area contributed by atoms with E-state index < -0.39 is 120 Å². The van der Waals surface area contributed by atoms with Gasteiger partial charge in [-0.15, -0.1) is 0 Å². The number of benzene rings is 3. The van der Waals surface area contributed by atoms with Crippen LogP contribution >= 0.6 is 0 Å². The van der Waals surface area contributed by atoms with Gasteiger partial charge in [0.1, 0.15) is 35.1 Å². The van der Waals surface area contributed by atoms with Gasteiger partial charge in [-0.2, -0.15) is 25.3 Å². The van der Waals surface area contributed by atoms with Crippen molar-refractivity contribution in [3.8, 4) is 11.5 Å². The molecule has 8 N–H and O–H groups in total. The van der Waals surface area contributed by atoms with Crippen LogP contribution in [0, 0.1) is 5.92 Å². The highest BCUT2D eigenvalue weighted by atomic mass is 32.2. The molecule has 0 fully saturated rings. The third kappa shape index (κ3) is 14.2.